The Hall–Kier alpha value is -4.08. The van der Waals surface area contributed by atoms with Crippen LogP contribution >= 0.6 is 0 Å². The van der Waals surface area contributed by atoms with Crippen molar-refractivity contribution in [1.29, 1.82) is 0 Å². The predicted molar refractivity (Wildman–Crippen MR) is 150 cm³/mol. The Kier molecular flexibility index (Phi) is 8.03. The van der Waals surface area contributed by atoms with E-state index in [1.165, 1.54) is 24.3 Å². The first-order valence-electron chi connectivity index (χ1n) is 14.0. The van der Waals surface area contributed by atoms with Gasteiger partial charge >= 0.3 is 6.36 Å². The second-order valence-corrected chi connectivity index (χ2v) is 10.7. The van der Waals surface area contributed by atoms with E-state index in [4.69, 9.17) is 10.6 Å². The van der Waals surface area contributed by atoms with E-state index in [2.05, 4.69) is 46.8 Å². The van der Waals surface area contributed by atoms with Crippen molar-refractivity contribution in [2.75, 3.05) is 36.6 Å². The summed E-state index contributed by atoms with van der Waals surface area (Å²) in [5.74, 6) is 5.84. The number of aromatic nitrogens is 5. The number of nitrogens with two attached hydrogens (primary N) is 1. The first-order valence-corrected chi connectivity index (χ1v) is 14.0. The van der Waals surface area contributed by atoms with Crippen LogP contribution in [-0.4, -0.2) is 74.2 Å². The van der Waals surface area contributed by atoms with Crippen LogP contribution in [0.2, 0.25) is 0 Å². The van der Waals surface area contributed by atoms with Crippen molar-refractivity contribution in [3.05, 3.63) is 66.0 Å². The van der Waals surface area contributed by atoms with E-state index in [0.717, 1.165) is 31.2 Å². The van der Waals surface area contributed by atoms with Crippen LogP contribution in [0, 0.1) is 5.82 Å². The third-order valence-electron chi connectivity index (χ3n) is 7.75. The SMILES string of the molecule is CC1CN(C(c2ccc(F)cc2)c2ccc(OC(F)(F)F)cn2)CCN1c1nc(NN)nc2c1ncn2CC1CCCO1. The smallest absolute Gasteiger partial charge is 0.404 e. The number of imidazole rings is 1. The second-order valence-electron chi connectivity index (χ2n) is 10.7. The zero-order chi connectivity index (χ0) is 30.1. The maximum absolute atomic E-state index is 13.8. The maximum atomic E-state index is 13.8. The number of halogens is 4. The zero-order valence-electron chi connectivity index (χ0n) is 23.3. The lowest BCUT2D eigenvalue weighted by Gasteiger charge is -2.43. The number of fused-ring (bicyclic) bond motifs is 1. The third kappa shape index (κ3) is 6.33. The monoisotopic (exact) mass is 601 g/mol. The normalized spacial score (nSPS) is 20.5. The fraction of sp³-hybridized carbons (Fsp3) is 0.429. The Morgan fingerprint density at radius 3 is 2.58 bits per heavy atom. The molecule has 3 unspecified atom stereocenters. The standard InChI is InChI=1S/C28H31F4N9O2/c1-17-14-39(24(18-4-6-19(29)7-5-18)22-9-8-20(13-34-22)43-28(30,31)32)10-11-41(17)26-23-25(36-27(37-26)38-33)40(16-35-23)15-21-3-2-12-42-21/h4-9,13,16-17,21,24H,2-3,10-12,14-15,33H2,1H3,(H,36,37,38). The second kappa shape index (κ2) is 11.9. The summed E-state index contributed by atoms with van der Waals surface area (Å²) < 4.78 is 63.7. The number of ether oxygens (including phenoxy) is 2. The lowest BCUT2D eigenvalue weighted by molar-refractivity contribution is -0.274. The lowest BCUT2D eigenvalue weighted by atomic mass is 9.99. The summed E-state index contributed by atoms with van der Waals surface area (Å²) in [5, 5.41) is 0. The minimum atomic E-state index is -4.82. The Labute approximate surface area is 244 Å². The number of benzene rings is 1. The molecule has 0 aliphatic carbocycles. The Morgan fingerprint density at radius 2 is 1.93 bits per heavy atom. The van der Waals surface area contributed by atoms with Crippen LogP contribution in [0.15, 0.2) is 48.9 Å². The number of nitrogen functional groups attached to an aromatic ring is 1. The van der Waals surface area contributed by atoms with E-state index in [1.54, 1.807) is 18.5 Å². The number of rotatable bonds is 8. The first kappa shape index (κ1) is 29.0. The van der Waals surface area contributed by atoms with Gasteiger partial charge in [0.15, 0.2) is 17.0 Å². The molecule has 43 heavy (non-hydrogen) atoms. The van der Waals surface area contributed by atoms with Gasteiger partial charge in [0, 0.05) is 32.3 Å². The predicted octanol–water partition coefficient (Wildman–Crippen LogP) is 4.02. The van der Waals surface area contributed by atoms with Gasteiger partial charge in [-0.15, -0.1) is 13.2 Å². The number of nitrogens with one attached hydrogen (secondary N) is 1. The van der Waals surface area contributed by atoms with Crippen LogP contribution in [0.25, 0.3) is 11.2 Å². The quantitative estimate of drug-likeness (QED) is 0.174. The van der Waals surface area contributed by atoms with E-state index in [-0.39, 0.29) is 18.1 Å². The molecule has 0 radical (unpaired) electrons. The zero-order valence-corrected chi connectivity index (χ0v) is 23.3. The van der Waals surface area contributed by atoms with Gasteiger partial charge in [-0.05, 0) is 49.6 Å². The fourth-order valence-electron chi connectivity index (χ4n) is 5.83. The Bertz CT molecular complexity index is 1540. The summed E-state index contributed by atoms with van der Waals surface area (Å²) in [6, 6.07) is 8.25. The highest BCUT2D eigenvalue weighted by Gasteiger charge is 2.34. The van der Waals surface area contributed by atoms with Crippen LogP contribution in [0.5, 0.6) is 5.75 Å². The number of alkyl halides is 3. The van der Waals surface area contributed by atoms with Gasteiger partial charge < -0.3 is 18.9 Å². The molecule has 3 atom stereocenters. The molecule has 2 saturated heterocycles. The molecule has 5 heterocycles. The molecule has 15 heteroatoms. The minimum absolute atomic E-state index is 0.0726. The minimum Gasteiger partial charge on any atom is -0.404 e. The van der Waals surface area contributed by atoms with Crippen molar-refractivity contribution in [1.82, 2.24) is 29.4 Å². The van der Waals surface area contributed by atoms with Gasteiger partial charge in [-0.25, -0.2) is 15.2 Å². The number of hydrogen-bond acceptors (Lipinski definition) is 10. The fourth-order valence-corrected chi connectivity index (χ4v) is 5.83. The lowest BCUT2D eigenvalue weighted by Crippen LogP contribution is -2.53. The molecule has 2 aliphatic rings. The molecule has 0 spiro atoms. The summed E-state index contributed by atoms with van der Waals surface area (Å²) in [6.07, 6.45) is 0.0601. The Morgan fingerprint density at radius 1 is 1.12 bits per heavy atom. The molecular formula is C28H31F4N9O2. The van der Waals surface area contributed by atoms with E-state index in [0.29, 0.717) is 48.9 Å². The summed E-state index contributed by atoms with van der Waals surface area (Å²) in [6.45, 7) is 5.05. The molecule has 4 aromatic rings. The molecule has 11 nitrogen and oxygen atoms in total. The molecule has 0 saturated carbocycles. The molecule has 6 rings (SSSR count). The van der Waals surface area contributed by atoms with Gasteiger partial charge in [-0.2, -0.15) is 9.97 Å². The van der Waals surface area contributed by atoms with Crippen LogP contribution in [-0.2, 0) is 11.3 Å². The van der Waals surface area contributed by atoms with Gasteiger partial charge in [-0.3, -0.25) is 15.3 Å². The van der Waals surface area contributed by atoms with Crippen LogP contribution in [0.3, 0.4) is 0 Å². The summed E-state index contributed by atoms with van der Waals surface area (Å²) in [7, 11) is 0. The summed E-state index contributed by atoms with van der Waals surface area (Å²) in [5.41, 5.74) is 5.13. The highest BCUT2D eigenvalue weighted by atomic mass is 19.4. The largest absolute Gasteiger partial charge is 0.573 e. The Balaban J connectivity index is 1.28. The van der Waals surface area contributed by atoms with Crippen molar-refractivity contribution < 1.29 is 27.0 Å². The topological polar surface area (TPSA) is 119 Å². The highest BCUT2D eigenvalue weighted by Crippen LogP contribution is 2.34. The molecule has 0 amide bonds. The molecule has 228 valence electrons. The van der Waals surface area contributed by atoms with E-state index in [9.17, 15) is 17.6 Å². The van der Waals surface area contributed by atoms with Gasteiger partial charge in [-0.1, -0.05) is 12.1 Å². The number of pyridine rings is 1. The molecule has 2 fully saturated rings. The first-order chi connectivity index (χ1) is 20.7. The molecular weight excluding hydrogens is 570 g/mol. The number of hydrogen-bond donors (Lipinski definition) is 2. The third-order valence-corrected chi connectivity index (χ3v) is 7.75. The molecule has 3 aromatic heterocycles. The summed E-state index contributed by atoms with van der Waals surface area (Å²) >= 11 is 0. The molecule has 1 aromatic carbocycles. The average molecular weight is 602 g/mol. The van der Waals surface area contributed by atoms with Crippen molar-refractivity contribution >= 4 is 22.9 Å². The molecule has 3 N–H and O–H groups in total. The average Bonchev–Trinajstić information content (AvgIpc) is 3.64. The summed E-state index contributed by atoms with van der Waals surface area (Å²) in [4.78, 5) is 22.5. The van der Waals surface area contributed by atoms with Crippen LogP contribution in [0.4, 0.5) is 29.3 Å². The van der Waals surface area contributed by atoms with Gasteiger partial charge in [0.25, 0.3) is 0 Å². The van der Waals surface area contributed by atoms with E-state index >= 15 is 0 Å². The van der Waals surface area contributed by atoms with Gasteiger partial charge in [0.1, 0.15) is 11.6 Å². The number of anilines is 2. The van der Waals surface area contributed by atoms with Gasteiger partial charge in [0.05, 0.1) is 36.9 Å². The van der Waals surface area contributed by atoms with E-state index in [1.807, 2.05) is 4.57 Å². The van der Waals surface area contributed by atoms with Crippen molar-refractivity contribution in [3.63, 3.8) is 0 Å². The maximum Gasteiger partial charge on any atom is 0.573 e. The number of piperazine rings is 1. The van der Waals surface area contributed by atoms with E-state index < -0.39 is 24.0 Å². The number of nitrogens with zero attached hydrogens (tertiary/aromatic N) is 7. The van der Waals surface area contributed by atoms with Crippen molar-refractivity contribution in [2.45, 2.75) is 50.9 Å². The van der Waals surface area contributed by atoms with Crippen LogP contribution < -0.4 is 20.9 Å². The van der Waals surface area contributed by atoms with Crippen molar-refractivity contribution in [2.24, 2.45) is 5.84 Å². The van der Waals surface area contributed by atoms with Crippen molar-refractivity contribution in [3.8, 4) is 5.75 Å². The number of hydrazine groups is 1. The highest BCUT2D eigenvalue weighted by molar-refractivity contribution is 5.85. The van der Waals surface area contributed by atoms with Gasteiger partial charge in [0.2, 0.25) is 5.95 Å². The molecule has 2 aliphatic heterocycles. The van der Waals surface area contributed by atoms with Crippen LogP contribution in [0.1, 0.15) is 37.1 Å². The molecule has 0 bridgehead atoms.